The maximum atomic E-state index is 12.8. The number of nitrogens with two attached hydrogens (primary N) is 1. The van der Waals surface area contributed by atoms with Crippen molar-refractivity contribution in [3.63, 3.8) is 0 Å². The molecule has 0 spiro atoms. The number of rotatable bonds is 7. The first-order valence-corrected chi connectivity index (χ1v) is 9.36. The molecular weight excluding hydrogens is 340 g/mol. The molecule has 1 aromatic carbocycles. The highest BCUT2D eigenvalue weighted by atomic mass is 35.5. The molecule has 8 heteroatoms. The van der Waals surface area contributed by atoms with Crippen molar-refractivity contribution >= 4 is 21.6 Å². The number of ether oxygens (including phenoxy) is 2. The van der Waals surface area contributed by atoms with E-state index in [2.05, 4.69) is 0 Å². The molecule has 0 amide bonds. The molecule has 23 heavy (non-hydrogen) atoms. The van der Waals surface area contributed by atoms with E-state index in [1.54, 1.807) is 19.1 Å². The molecule has 0 aliphatic carbocycles. The average Bonchev–Trinajstić information content (AvgIpc) is 3.05. The zero-order valence-electron chi connectivity index (χ0n) is 13.4. The summed E-state index contributed by atoms with van der Waals surface area (Å²) >= 11 is 5.99. The van der Waals surface area contributed by atoms with E-state index >= 15 is 0 Å². The van der Waals surface area contributed by atoms with E-state index in [1.165, 1.54) is 17.4 Å². The average molecular weight is 363 g/mol. The first-order valence-electron chi connectivity index (χ1n) is 7.54. The second-order valence-corrected chi connectivity index (χ2v) is 8.14. The highest BCUT2D eigenvalue weighted by Crippen LogP contribution is 2.30. The van der Waals surface area contributed by atoms with Gasteiger partial charge < -0.3 is 15.2 Å². The zero-order valence-corrected chi connectivity index (χ0v) is 14.9. The highest BCUT2D eigenvalue weighted by molar-refractivity contribution is 7.89. The maximum absolute atomic E-state index is 12.8. The highest BCUT2D eigenvalue weighted by Gasteiger charge is 2.29. The molecule has 1 heterocycles. The van der Waals surface area contributed by atoms with E-state index in [0.717, 1.165) is 13.0 Å². The monoisotopic (exact) mass is 362 g/mol. The number of hydrogen-bond acceptors (Lipinski definition) is 5. The van der Waals surface area contributed by atoms with Gasteiger partial charge in [0, 0.05) is 37.2 Å². The van der Waals surface area contributed by atoms with Crippen LogP contribution in [0.2, 0.25) is 5.02 Å². The normalized spacial score (nSPS) is 20.0. The van der Waals surface area contributed by atoms with E-state index in [-0.39, 0.29) is 23.4 Å². The summed E-state index contributed by atoms with van der Waals surface area (Å²) in [6.45, 7) is 3.75. The molecular formula is C15H23ClN2O4S. The smallest absolute Gasteiger partial charge is 0.246 e. The van der Waals surface area contributed by atoms with Crippen LogP contribution >= 0.6 is 11.6 Å². The second kappa shape index (κ2) is 7.81. The molecule has 0 saturated carbocycles. The van der Waals surface area contributed by atoms with Crippen LogP contribution in [0, 0.1) is 5.92 Å². The minimum atomic E-state index is -3.74. The summed E-state index contributed by atoms with van der Waals surface area (Å²) in [7, 11) is -2.23. The zero-order chi connectivity index (χ0) is 17.0. The van der Waals surface area contributed by atoms with Gasteiger partial charge >= 0.3 is 0 Å². The molecule has 2 unspecified atom stereocenters. The minimum absolute atomic E-state index is 0.0618. The molecule has 2 N–H and O–H groups in total. The Bertz CT molecular complexity index is 632. The Hall–Kier alpha value is -0.860. The quantitative estimate of drug-likeness (QED) is 0.798. The number of nitrogens with zero attached hydrogens (tertiary/aromatic N) is 1. The topological polar surface area (TPSA) is 81.9 Å². The molecule has 1 aromatic rings. The van der Waals surface area contributed by atoms with Gasteiger partial charge in [-0.2, -0.15) is 4.31 Å². The predicted molar refractivity (Wildman–Crippen MR) is 89.3 cm³/mol. The van der Waals surface area contributed by atoms with Gasteiger partial charge in [-0.25, -0.2) is 8.42 Å². The Morgan fingerprint density at radius 2 is 2.26 bits per heavy atom. The fraction of sp³-hybridized carbons (Fsp3) is 0.600. The molecule has 6 nitrogen and oxygen atoms in total. The van der Waals surface area contributed by atoms with Gasteiger partial charge in [-0.15, -0.1) is 0 Å². The fourth-order valence-corrected chi connectivity index (χ4v) is 4.03. The van der Waals surface area contributed by atoms with E-state index in [1.807, 2.05) is 0 Å². The third-order valence-electron chi connectivity index (χ3n) is 4.02. The van der Waals surface area contributed by atoms with Crippen LogP contribution in [0.5, 0.6) is 5.75 Å². The number of benzene rings is 1. The second-order valence-electron chi connectivity index (χ2n) is 5.74. The maximum Gasteiger partial charge on any atom is 0.246 e. The lowest BCUT2D eigenvalue weighted by molar-refractivity contribution is 0.166. The molecule has 0 radical (unpaired) electrons. The third-order valence-corrected chi connectivity index (χ3v) is 6.25. The van der Waals surface area contributed by atoms with Gasteiger partial charge in [0.15, 0.2) is 0 Å². The largest absolute Gasteiger partial charge is 0.492 e. The lowest BCUT2D eigenvalue weighted by Crippen LogP contribution is -2.39. The Kier molecular flexibility index (Phi) is 6.27. The molecule has 130 valence electrons. The van der Waals surface area contributed by atoms with Crippen LogP contribution in [0.15, 0.2) is 23.1 Å². The van der Waals surface area contributed by atoms with Gasteiger partial charge in [0.2, 0.25) is 10.0 Å². The summed E-state index contributed by atoms with van der Waals surface area (Å²) in [5.41, 5.74) is 5.58. The summed E-state index contributed by atoms with van der Waals surface area (Å²) in [6, 6.07) is 4.30. The van der Waals surface area contributed by atoms with Crippen molar-refractivity contribution in [1.82, 2.24) is 4.31 Å². The predicted octanol–water partition coefficient (Wildman–Crippen LogP) is 1.72. The van der Waals surface area contributed by atoms with Crippen LogP contribution in [0.25, 0.3) is 0 Å². The lowest BCUT2D eigenvalue weighted by Gasteiger charge is -2.24. The lowest BCUT2D eigenvalue weighted by atomic mass is 10.1. The van der Waals surface area contributed by atoms with Crippen LogP contribution in [0.4, 0.5) is 0 Å². The Morgan fingerprint density at radius 1 is 1.52 bits per heavy atom. The van der Waals surface area contributed by atoms with Crippen LogP contribution < -0.4 is 10.5 Å². The Labute approximate surface area is 142 Å². The Balaban J connectivity index is 2.26. The van der Waals surface area contributed by atoms with Gasteiger partial charge in [0.05, 0.1) is 13.2 Å². The van der Waals surface area contributed by atoms with Crippen molar-refractivity contribution in [2.24, 2.45) is 11.7 Å². The van der Waals surface area contributed by atoms with Crippen molar-refractivity contribution in [3.05, 3.63) is 23.2 Å². The van der Waals surface area contributed by atoms with Gasteiger partial charge in [-0.3, -0.25) is 0 Å². The molecule has 2 atom stereocenters. The first kappa shape index (κ1) is 18.5. The number of hydrogen-bond donors (Lipinski definition) is 1. The summed E-state index contributed by atoms with van der Waals surface area (Å²) in [5.74, 6) is 0.583. The van der Waals surface area contributed by atoms with Crippen molar-refractivity contribution in [2.75, 3.05) is 33.4 Å². The number of likely N-dealkylation sites (N-methyl/N-ethyl adjacent to an activating group) is 1. The van der Waals surface area contributed by atoms with Crippen molar-refractivity contribution in [2.45, 2.75) is 24.3 Å². The standard InChI is InChI=1S/C15H23ClN2O4S/c1-11(8-17)18(2)23(19,20)15-7-13(16)3-4-14(15)22-10-12-5-6-21-9-12/h3-4,7,11-12H,5-6,8-10,17H2,1-2H3. The van der Waals surface area contributed by atoms with E-state index in [0.29, 0.717) is 24.0 Å². The number of halogens is 1. The molecule has 0 bridgehead atoms. The summed E-state index contributed by atoms with van der Waals surface area (Å²) < 4.78 is 37.9. The molecule has 0 aromatic heterocycles. The fourth-order valence-electron chi connectivity index (χ4n) is 2.27. The molecule has 1 fully saturated rings. The van der Waals surface area contributed by atoms with Crippen LogP contribution in [0.1, 0.15) is 13.3 Å². The number of sulfonamides is 1. The van der Waals surface area contributed by atoms with Crippen LogP contribution in [-0.2, 0) is 14.8 Å². The summed E-state index contributed by atoms with van der Waals surface area (Å²) in [4.78, 5) is 0.0618. The third kappa shape index (κ3) is 4.36. The van der Waals surface area contributed by atoms with E-state index < -0.39 is 10.0 Å². The van der Waals surface area contributed by atoms with Crippen molar-refractivity contribution in [1.29, 1.82) is 0 Å². The van der Waals surface area contributed by atoms with Gasteiger partial charge in [0.25, 0.3) is 0 Å². The first-order chi connectivity index (χ1) is 10.9. The summed E-state index contributed by atoms with van der Waals surface area (Å²) in [6.07, 6.45) is 0.916. The molecule has 2 rings (SSSR count). The van der Waals surface area contributed by atoms with Crippen LogP contribution in [0.3, 0.4) is 0 Å². The van der Waals surface area contributed by atoms with Crippen molar-refractivity contribution in [3.8, 4) is 5.75 Å². The van der Waals surface area contributed by atoms with E-state index in [9.17, 15) is 8.42 Å². The van der Waals surface area contributed by atoms with Gasteiger partial charge in [0.1, 0.15) is 10.6 Å². The van der Waals surface area contributed by atoms with Gasteiger partial charge in [-0.05, 0) is 31.5 Å². The minimum Gasteiger partial charge on any atom is -0.492 e. The van der Waals surface area contributed by atoms with Crippen molar-refractivity contribution < 1.29 is 17.9 Å². The molecule has 1 aliphatic rings. The van der Waals surface area contributed by atoms with E-state index in [4.69, 9.17) is 26.8 Å². The molecule has 1 saturated heterocycles. The molecule has 1 aliphatic heterocycles. The SMILES string of the molecule is CC(CN)N(C)S(=O)(=O)c1cc(Cl)ccc1OCC1CCOC1. The van der Waals surface area contributed by atoms with Gasteiger partial charge in [-0.1, -0.05) is 11.6 Å². The Morgan fingerprint density at radius 3 is 2.87 bits per heavy atom. The summed E-state index contributed by atoms with van der Waals surface area (Å²) in [5, 5.41) is 0.342. The van der Waals surface area contributed by atoms with Crippen LogP contribution in [-0.4, -0.2) is 52.2 Å².